The van der Waals surface area contributed by atoms with Gasteiger partial charge in [-0.1, -0.05) is 30.3 Å². The van der Waals surface area contributed by atoms with E-state index < -0.39 is 5.78 Å². The summed E-state index contributed by atoms with van der Waals surface area (Å²) in [5.74, 6) is -0.0588. The molecule has 0 aliphatic carbocycles. The van der Waals surface area contributed by atoms with Crippen molar-refractivity contribution < 1.29 is 14.0 Å². The molecule has 0 fully saturated rings. The van der Waals surface area contributed by atoms with Crippen molar-refractivity contribution in [2.45, 2.75) is 6.92 Å². The number of benzene rings is 2. The second-order valence-corrected chi connectivity index (χ2v) is 5.07. The van der Waals surface area contributed by atoms with Gasteiger partial charge in [-0.2, -0.15) is 0 Å². The number of nitrogens with zero attached hydrogens (tertiary/aromatic N) is 2. The molecule has 0 radical (unpaired) electrons. The van der Waals surface area contributed by atoms with Gasteiger partial charge in [0.05, 0.1) is 23.3 Å². The van der Waals surface area contributed by atoms with Crippen molar-refractivity contribution in [1.29, 1.82) is 0 Å². The zero-order valence-corrected chi connectivity index (χ0v) is 12.6. The average Bonchev–Trinajstić information content (AvgIpc) is 2.60. The molecule has 0 N–H and O–H groups in total. The van der Waals surface area contributed by atoms with Crippen LogP contribution in [0.3, 0.4) is 0 Å². The molecule has 2 aromatic carbocycles. The quantitative estimate of drug-likeness (QED) is 0.550. The van der Waals surface area contributed by atoms with E-state index in [4.69, 9.17) is 4.74 Å². The number of carbonyl (C=O) groups is 1. The lowest BCUT2D eigenvalue weighted by molar-refractivity contribution is -0.468. The van der Waals surface area contributed by atoms with E-state index >= 15 is 0 Å². The summed E-state index contributed by atoms with van der Waals surface area (Å²) < 4.78 is 6.18. The molecule has 0 aliphatic heterocycles. The number of hydrogen-bond acceptors (Lipinski definition) is 4. The van der Waals surface area contributed by atoms with Crippen LogP contribution in [0.5, 0.6) is 5.75 Å². The Bertz CT molecular complexity index is 962. The molecule has 0 amide bonds. The zero-order valence-electron chi connectivity index (χ0n) is 12.6. The third-order valence-electron chi connectivity index (χ3n) is 3.72. The van der Waals surface area contributed by atoms with E-state index in [2.05, 4.69) is 0 Å². The number of hydrogen-bond donors (Lipinski definition) is 0. The Labute approximate surface area is 131 Å². The number of carbonyl (C=O) groups excluding carboxylic acids is 1. The van der Waals surface area contributed by atoms with Gasteiger partial charge in [-0.3, -0.25) is 4.79 Å². The highest BCUT2D eigenvalue weighted by molar-refractivity contribution is 6.07. The first kappa shape index (κ1) is 14.8. The van der Waals surface area contributed by atoms with Crippen LogP contribution in [-0.2, 0) is 0 Å². The minimum Gasteiger partial charge on any atom is -0.805 e. The average molecular weight is 310 g/mol. The molecular formula is C17H14N2O4. The van der Waals surface area contributed by atoms with Gasteiger partial charge < -0.3 is 14.7 Å². The van der Waals surface area contributed by atoms with Crippen LogP contribution < -0.4 is 9.16 Å². The Kier molecular flexibility index (Phi) is 3.57. The predicted octanol–water partition coefficient (Wildman–Crippen LogP) is 2.45. The SMILES string of the molecule is COc1ccc2c(c1)[n+](=O)c(C(=O)c1ccccc1)c(C)n2[O-]. The molecule has 0 atom stereocenters. The number of aromatic nitrogens is 2. The fourth-order valence-corrected chi connectivity index (χ4v) is 2.49. The van der Waals surface area contributed by atoms with Gasteiger partial charge in [0.25, 0.3) is 11.3 Å². The van der Waals surface area contributed by atoms with Gasteiger partial charge in [-0.25, -0.2) is 0 Å². The molecule has 1 heterocycles. The number of fused-ring (bicyclic) bond motifs is 1. The molecule has 0 bridgehead atoms. The Morgan fingerprint density at radius 2 is 1.87 bits per heavy atom. The highest BCUT2D eigenvalue weighted by atomic mass is 16.5. The fourth-order valence-electron chi connectivity index (χ4n) is 2.49. The van der Waals surface area contributed by atoms with E-state index in [0.29, 0.717) is 20.5 Å². The molecule has 6 heteroatoms. The summed E-state index contributed by atoms with van der Waals surface area (Å²) >= 11 is 0. The Hall–Kier alpha value is -3.15. The van der Waals surface area contributed by atoms with Crippen LogP contribution in [0, 0.1) is 17.0 Å². The Balaban J connectivity index is 2.33. The first-order chi connectivity index (χ1) is 11.0. The van der Waals surface area contributed by atoms with Gasteiger partial charge in [-0.15, -0.1) is 0 Å². The molecule has 3 aromatic rings. The highest BCUT2D eigenvalue weighted by Crippen LogP contribution is 2.20. The molecule has 3 rings (SSSR count). The first-order valence-electron chi connectivity index (χ1n) is 6.97. The lowest BCUT2D eigenvalue weighted by atomic mass is 10.1. The molecule has 0 spiro atoms. The zero-order chi connectivity index (χ0) is 16.6. The summed E-state index contributed by atoms with van der Waals surface area (Å²) in [6.45, 7) is 1.46. The summed E-state index contributed by atoms with van der Waals surface area (Å²) in [6.07, 6.45) is 0. The van der Waals surface area contributed by atoms with Crippen molar-refractivity contribution in [3.8, 4) is 5.75 Å². The van der Waals surface area contributed by atoms with Crippen molar-refractivity contribution in [1.82, 2.24) is 4.73 Å². The van der Waals surface area contributed by atoms with Crippen molar-refractivity contribution in [3.05, 3.63) is 75.6 Å². The van der Waals surface area contributed by atoms with E-state index in [9.17, 15) is 14.9 Å². The summed E-state index contributed by atoms with van der Waals surface area (Å²) in [5.41, 5.74) is 0.494. The van der Waals surface area contributed by atoms with Gasteiger partial charge in [-0.05, 0) is 19.1 Å². The summed E-state index contributed by atoms with van der Waals surface area (Å²) in [5, 5.41) is 12.4. The van der Waals surface area contributed by atoms with Crippen molar-refractivity contribution in [3.63, 3.8) is 0 Å². The van der Waals surface area contributed by atoms with Crippen LogP contribution in [-0.4, -0.2) is 17.6 Å². The second-order valence-electron chi connectivity index (χ2n) is 5.07. The molecule has 1 aromatic heterocycles. The van der Waals surface area contributed by atoms with Crippen LogP contribution >= 0.6 is 0 Å². The molecule has 116 valence electrons. The van der Waals surface area contributed by atoms with E-state index in [-0.39, 0.29) is 22.4 Å². The molecule has 0 aliphatic rings. The Morgan fingerprint density at radius 1 is 1.17 bits per heavy atom. The topological polar surface area (TPSA) is 77.3 Å². The minimum absolute atomic E-state index is 0.0616. The van der Waals surface area contributed by atoms with Gasteiger partial charge in [0.2, 0.25) is 0 Å². The maximum Gasteiger partial charge on any atom is 0.329 e. The highest BCUT2D eigenvalue weighted by Gasteiger charge is 2.28. The standard InChI is InChI=1S/C17H14N2O4/c1-11-16(17(20)12-6-4-3-5-7-12)19(22)15-10-13(23-2)8-9-14(15)18(11)21/h3-10H,1-2H3. The predicted molar refractivity (Wildman–Crippen MR) is 85.2 cm³/mol. The van der Waals surface area contributed by atoms with Gasteiger partial charge in [0, 0.05) is 10.5 Å². The monoisotopic (exact) mass is 310 g/mol. The smallest absolute Gasteiger partial charge is 0.329 e. The maximum absolute atomic E-state index is 12.7. The normalized spacial score (nSPS) is 10.7. The van der Waals surface area contributed by atoms with Crippen molar-refractivity contribution in [2.24, 2.45) is 0 Å². The summed E-state index contributed by atoms with van der Waals surface area (Å²) in [6, 6.07) is 12.9. The summed E-state index contributed by atoms with van der Waals surface area (Å²) in [7, 11) is 1.46. The lowest BCUT2D eigenvalue weighted by Crippen LogP contribution is -2.30. The number of ether oxygens (including phenoxy) is 1. The molecular weight excluding hydrogens is 296 g/mol. The number of ketones is 1. The van der Waals surface area contributed by atoms with E-state index in [1.54, 1.807) is 36.4 Å². The molecule has 0 saturated carbocycles. The molecule has 6 nitrogen and oxygen atoms in total. The van der Waals surface area contributed by atoms with Crippen LogP contribution in [0.4, 0.5) is 0 Å². The van der Waals surface area contributed by atoms with Crippen LogP contribution in [0.1, 0.15) is 21.7 Å². The van der Waals surface area contributed by atoms with Gasteiger partial charge >= 0.3 is 5.69 Å². The summed E-state index contributed by atoms with van der Waals surface area (Å²) in [4.78, 5) is 25.3. The van der Waals surface area contributed by atoms with Gasteiger partial charge in [0.15, 0.2) is 0 Å². The van der Waals surface area contributed by atoms with Crippen molar-refractivity contribution >= 4 is 16.8 Å². The van der Waals surface area contributed by atoms with Gasteiger partial charge in [0.1, 0.15) is 11.3 Å². The van der Waals surface area contributed by atoms with Crippen molar-refractivity contribution in [2.75, 3.05) is 7.11 Å². The first-order valence-corrected chi connectivity index (χ1v) is 6.97. The van der Waals surface area contributed by atoms with E-state index in [1.165, 1.54) is 26.2 Å². The second kappa shape index (κ2) is 5.57. The van der Waals surface area contributed by atoms with E-state index in [0.717, 1.165) is 0 Å². The molecule has 23 heavy (non-hydrogen) atoms. The lowest BCUT2D eigenvalue weighted by Gasteiger charge is -2.16. The van der Waals surface area contributed by atoms with Crippen LogP contribution in [0.15, 0.2) is 48.5 Å². The number of methoxy groups -OCH3 is 1. The molecule has 0 unspecified atom stereocenters. The fraction of sp³-hybridized carbons (Fsp3) is 0.118. The third kappa shape index (κ3) is 2.34. The van der Waals surface area contributed by atoms with Crippen LogP contribution in [0.25, 0.3) is 11.0 Å². The van der Waals surface area contributed by atoms with E-state index in [1.807, 2.05) is 0 Å². The number of rotatable bonds is 3. The Morgan fingerprint density at radius 3 is 2.52 bits per heavy atom. The maximum atomic E-state index is 12.7. The third-order valence-corrected chi connectivity index (χ3v) is 3.72. The van der Waals surface area contributed by atoms with Crippen LogP contribution in [0.2, 0.25) is 0 Å². The largest absolute Gasteiger partial charge is 0.805 e. The molecule has 0 saturated heterocycles. The minimum atomic E-state index is -0.493.